The predicted octanol–water partition coefficient (Wildman–Crippen LogP) is 4.59. The lowest BCUT2D eigenvalue weighted by molar-refractivity contribution is 0.175. The highest BCUT2D eigenvalue weighted by Crippen LogP contribution is 2.28. The molecule has 0 saturated carbocycles. The van der Waals surface area contributed by atoms with Gasteiger partial charge in [-0.25, -0.2) is 4.79 Å². The zero-order valence-corrected chi connectivity index (χ0v) is 16.9. The van der Waals surface area contributed by atoms with Crippen molar-refractivity contribution in [2.24, 2.45) is 0 Å². The van der Waals surface area contributed by atoms with Crippen LogP contribution < -0.4 is 5.32 Å². The van der Waals surface area contributed by atoms with Crippen molar-refractivity contribution < 1.29 is 9.32 Å². The molecular formula is C21H21BrN4O2. The molecule has 2 heterocycles. The number of carbonyl (C=O) groups is 1. The Kier molecular flexibility index (Phi) is 5.71. The lowest BCUT2D eigenvalue weighted by atomic mass is 9.97. The van der Waals surface area contributed by atoms with Crippen LogP contribution in [-0.4, -0.2) is 34.2 Å². The number of hydrogen-bond donors (Lipinski definition) is 1. The maximum Gasteiger partial charge on any atom is 0.317 e. The number of nitrogens with one attached hydrogen (secondary N) is 1. The monoisotopic (exact) mass is 440 g/mol. The number of halogens is 1. The summed E-state index contributed by atoms with van der Waals surface area (Å²) < 4.78 is 6.51. The Bertz CT molecular complexity index is 919. The first-order chi connectivity index (χ1) is 13.7. The van der Waals surface area contributed by atoms with Crippen LogP contribution in [0.25, 0.3) is 11.4 Å². The topological polar surface area (TPSA) is 71.3 Å². The molecule has 1 fully saturated rings. The molecule has 7 heteroatoms. The highest BCUT2D eigenvalue weighted by Gasteiger charge is 2.27. The molecule has 2 aromatic carbocycles. The van der Waals surface area contributed by atoms with Crippen molar-refractivity contribution in [1.29, 1.82) is 0 Å². The number of hydrogen-bond acceptors (Lipinski definition) is 4. The van der Waals surface area contributed by atoms with E-state index in [0.29, 0.717) is 31.3 Å². The fourth-order valence-electron chi connectivity index (χ4n) is 3.33. The lowest BCUT2D eigenvalue weighted by Crippen LogP contribution is -2.43. The van der Waals surface area contributed by atoms with Crippen LogP contribution >= 0.6 is 15.9 Å². The maximum absolute atomic E-state index is 12.4. The summed E-state index contributed by atoms with van der Waals surface area (Å²) in [6.07, 6.45) is 1.64. The van der Waals surface area contributed by atoms with Crippen LogP contribution in [0.5, 0.6) is 0 Å². The van der Waals surface area contributed by atoms with Gasteiger partial charge in [0.05, 0.1) is 0 Å². The Morgan fingerprint density at radius 3 is 2.54 bits per heavy atom. The van der Waals surface area contributed by atoms with E-state index in [0.717, 1.165) is 28.4 Å². The van der Waals surface area contributed by atoms with E-state index in [1.165, 1.54) is 0 Å². The third kappa shape index (κ3) is 4.42. The second-order valence-corrected chi connectivity index (χ2v) is 7.78. The fraction of sp³-hybridized carbons (Fsp3) is 0.286. The number of rotatable bonds is 4. The van der Waals surface area contributed by atoms with Crippen LogP contribution in [0.15, 0.2) is 63.6 Å². The zero-order chi connectivity index (χ0) is 19.3. The van der Waals surface area contributed by atoms with Gasteiger partial charge in [-0.2, -0.15) is 4.98 Å². The van der Waals surface area contributed by atoms with E-state index >= 15 is 0 Å². The molecule has 1 aromatic heterocycles. The van der Waals surface area contributed by atoms with E-state index in [1.807, 2.05) is 59.5 Å². The van der Waals surface area contributed by atoms with Crippen LogP contribution in [0, 0.1) is 0 Å². The van der Waals surface area contributed by atoms with Crippen molar-refractivity contribution >= 4 is 22.0 Å². The van der Waals surface area contributed by atoms with Crippen LogP contribution in [0.4, 0.5) is 4.79 Å². The average Bonchev–Trinajstić information content (AvgIpc) is 3.24. The molecule has 4 rings (SSSR count). The smallest absolute Gasteiger partial charge is 0.317 e. The van der Waals surface area contributed by atoms with Gasteiger partial charge in [-0.05, 0) is 42.7 Å². The van der Waals surface area contributed by atoms with Gasteiger partial charge >= 0.3 is 6.03 Å². The zero-order valence-electron chi connectivity index (χ0n) is 15.3. The van der Waals surface area contributed by atoms with E-state index in [2.05, 4.69) is 31.4 Å². The Morgan fingerprint density at radius 2 is 1.82 bits per heavy atom. The Morgan fingerprint density at radius 1 is 1.11 bits per heavy atom. The summed E-state index contributed by atoms with van der Waals surface area (Å²) in [6.45, 7) is 1.91. The first-order valence-electron chi connectivity index (χ1n) is 9.35. The molecule has 28 heavy (non-hydrogen) atoms. The summed E-state index contributed by atoms with van der Waals surface area (Å²) >= 11 is 3.43. The third-order valence-corrected chi connectivity index (χ3v) is 5.49. The Labute approximate surface area is 172 Å². The molecule has 1 aliphatic rings. The van der Waals surface area contributed by atoms with Gasteiger partial charge in [0.1, 0.15) is 0 Å². The largest absolute Gasteiger partial charge is 0.339 e. The summed E-state index contributed by atoms with van der Waals surface area (Å²) in [6, 6.07) is 17.7. The first-order valence-corrected chi connectivity index (χ1v) is 10.1. The lowest BCUT2D eigenvalue weighted by Gasteiger charge is -2.30. The van der Waals surface area contributed by atoms with E-state index in [4.69, 9.17) is 4.52 Å². The Balaban J connectivity index is 1.30. The minimum atomic E-state index is -0.0246. The van der Waals surface area contributed by atoms with Gasteiger partial charge in [0.15, 0.2) is 0 Å². The van der Waals surface area contributed by atoms with Crippen molar-refractivity contribution in [3.05, 3.63) is 70.5 Å². The molecule has 0 bridgehead atoms. The molecule has 144 valence electrons. The van der Waals surface area contributed by atoms with Crippen molar-refractivity contribution in [3.8, 4) is 11.4 Å². The number of urea groups is 1. The standard InChI is InChI=1S/C21H21BrN4O2/c22-18-8-6-16(7-9-18)19-24-20(28-25-19)17-10-12-26(13-11-17)21(27)23-14-15-4-2-1-3-5-15/h1-9,17H,10-14H2,(H,23,27). The number of amides is 2. The number of nitrogens with zero attached hydrogens (tertiary/aromatic N) is 3. The Hall–Kier alpha value is -2.67. The number of piperidine rings is 1. The molecule has 0 spiro atoms. The van der Waals surface area contributed by atoms with Gasteiger partial charge < -0.3 is 14.7 Å². The minimum Gasteiger partial charge on any atom is -0.339 e. The molecule has 1 aliphatic heterocycles. The van der Waals surface area contributed by atoms with E-state index in [-0.39, 0.29) is 11.9 Å². The average molecular weight is 441 g/mol. The normalized spacial score (nSPS) is 14.8. The quantitative estimate of drug-likeness (QED) is 0.643. The van der Waals surface area contributed by atoms with Gasteiger partial charge in [-0.1, -0.05) is 51.4 Å². The molecule has 1 saturated heterocycles. The maximum atomic E-state index is 12.4. The number of aromatic nitrogens is 2. The van der Waals surface area contributed by atoms with Gasteiger partial charge in [-0.3, -0.25) is 0 Å². The van der Waals surface area contributed by atoms with E-state index in [1.54, 1.807) is 0 Å². The summed E-state index contributed by atoms with van der Waals surface area (Å²) in [4.78, 5) is 18.8. The van der Waals surface area contributed by atoms with Crippen molar-refractivity contribution in [3.63, 3.8) is 0 Å². The number of likely N-dealkylation sites (tertiary alicyclic amines) is 1. The van der Waals surface area contributed by atoms with E-state index in [9.17, 15) is 4.79 Å². The second kappa shape index (κ2) is 8.56. The van der Waals surface area contributed by atoms with E-state index < -0.39 is 0 Å². The predicted molar refractivity (Wildman–Crippen MR) is 110 cm³/mol. The molecule has 0 aliphatic carbocycles. The SMILES string of the molecule is O=C(NCc1ccccc1)N1CCC(c2nc(-c3ccc(Br)cc3)no2)CC1. The molecule has 0 unspecified atom stereocenters. The highest BCUT2D eigenvalue weighted by molar-refractivity contribution is 9.10. The van der Waals surface area contributed by atoms with Crippen LogP contribution in [0.1, 0.15) is 30.2 Å². The van der Waals surface area contributed by atoms with Crippen molar-refractivity contribution in [1.82, 2.24) is 20.4 Å². The molecule has 3 aromatic rings. The van der Waals surface area contributed by atoms with Gasteiger partial charge in [0.25, 0.3) is 0 Å². The second-order valence-electron chi connectivity index (χ2n) is 6.87. The summed E-state index contributed by atoms with van der Waals surface area (Å²) in [5.74, 6) is 1.45. The fourth-order valence-corrected chi connectivity index (χ4v) is 3.60. The molecule has 6 nitrogen and oxygen atoms in total. The molecule has 1 N–H and O–H groups in total. The minimum absolute atomic E-state index is 0.0246. The number of carbonyl (C=O) groups excluding carboxylic acids is 1. The first kappa shape index (κ1) is 18.7. The van der Waals surface area contributed by atoms with Gasteiger partial charge in [0, 0.05) is 35.6 Å². The van der Waals surface area contributed by atoms with Crippen LogP contribution in [-0.2, 0) is 6.54 Å². The molecular weight excluding hydrogens is 420 g/mol. The van der Waals surface area contributed by atoms with Crippen LogP contribution in [0.3, 0.4) is 0 Å². The summed E-state index contributed by atoms with van der Waals surface area (Å²) in [5, 5.41) is 7.10. The summed E-state index contributed by atoms with van der Waals surface area (Å²) in [5.41, 5.74) is 2.02. The third-order valence-electron chi connectivity index (χ3n) is 4.96. The van der Waals surface area contributed by atoms with Crippen molar-refractivity contribution in [2.75, 3.05) is 13.1 Å². The number of benzene rings is 2. The van der Waals surface area contributed by atoms with Gasteiger partial charge in [0.2, 0.25) is 11.7 Å². The molecule has 2 amide bonds. The molecule has 0 atom stereocenters. The van der Waals surface area contributed by atoms with Crippen molar-refractivity contribution in [2.45, 2.75) is 25.3 Å². The highest BCUT2D eigenvalue weighted by atomic mass is 79.9. The summed E-state index contributed by atoms with van der Waals surface area (Å²) in [7, 11) is 0. The molecule has 0 radical (unpaired) electrons. The van der Waals surface area contributed by atoms with Crippen LogP contribution in [0.2, 0.25) is 0 Å². The van der Waals surface area contributed by atoms with Gasteiger partial charge in [-0.15, -0.1) is 0 Å².